The normalized spacial score (nSPS) is 10.8. The fourth-order valence-corrected chi connectivity index (χ4v) is 3.87. The van der Waals surface area contributed by atoms with E-state index in [9.17, 15) is 14.0 Å². The molecule has 190 valence electrons. The van der Waals surface area contributed by atoms with Gasteiger partial charge in [0.05, 0.1) is 12.3 Å². The van der Waals surface area contributed by atoms with E-state index in [1.807, 2.05) is 37.3 Å². The van der Waals surface area contributed by atoms with E-state index in [1.54, 1.807) is 30.3 Å². The molecule has 0 saturated carbocycles. The van der Waals surface area contributed by atoms with Gasteiger partial charge in [-0.25, -0.2) is 9.37 Å². The largest absolute Gasteiger partial charge is 0.493 e. The van der Waals surface area contributed by atoms with E-state index in [0.29, 0.717) is 47.1 Å². The number of carboxylic acids is 1. The number of halogens is 1. The van der Waals surface area contributed by atoms with E-state index in [0.717, 1.165) is 11.3 Å². The van der Waals surface area contributed by atoms with Gasteiger partial charge in [-0.1, -0.05) is 36.4 Å². The monoisotopic (exact) mass is 502 g/mol. The number of carbonyl (C=O) groups excluding carboxylic acids is 1. The van der Waals surface area contributed by atoms with Crippen LogP contribution in [0.5, 0.6) is 5.75 Å². The molecular formula is C29H27FN2O5. The van der Waals surface area contributed by atoms with Crippen molar-refractivity contribution in [2.45, 2.75) is 32.7 Å². The number of aryl methyl sites for hydroxylation is 2. The lowest BCUT2D eigenvalue weighted by Gasteiger charge is -2.13. The molecule has 0 spiro atoms. The maximum absolute atomic E-state index is 13.5. The number of hydrogen-bond acceptors (Lipinski definition) is 5. The number of amides is 1. The lowest BCUT2D eigenvalue weighted by atomic mass is 10.0. The molecule has 3 aromatic carbocycles. The van der Waals surface area contributed by atoms with Crippen molar-refractivity contribution in [3.8, 4) is 17.2 Å². The Balaban J connectivity index is 1.43. The second-order valence-electron chi connectivity index (χ2n) is 8.51. The quantitative estimate of drug-likeness (QED) is 0.286. The zero-order valence-corrected chi connectivity index (χ0v) is 20.4. The third-order valence-corrected chi connectivity index (χ3v) is 5.80. The number of aliphatic carboxylic acids is 1. The standard InChI is InChI=1S/C29H27FN2O5/c1-19-26(32-29(37-19)22-7-3-2-4-8-22)14-15-36-24-12-10-21(11-13-27(33)34)25(17-24)28(35)31-18-20-6-5-9-23(30)16-20/h2-10,12,16-17H,11,13-15,18H2,1H3,(H,31,35)(H,33,34). The fourth-order valence-electron chi connectivity index (χ4n) is 3.87. The minimum Gasteiger partial charge on any atom is -0.493 e. The summed E-state index contributed by atoms with van der Waals surface area (Å²) in [6.07, 6.45) is 0.586. The number of carbonyl (C=O) groups is 2. The molecule has 0 saturated heterocycles. The zero-order chi connectivity index (χ0) is 26.2. The maximum atomic E-state index is 13.5. The number of ether oxygens (including phenoxy) is 1. The first-order valence-corrected chi connectivity index (χ1v) is 11.9. The van der Waals surface area contributed by atoms with Crippen LogP contribution < -0.4 is 10.1 Å². The van der Waals surface area contributed by atoms with Crippen LogP contribution in [-0.2, 0) is 24.2 Å². The molecule has 7 nitrogen and oxygen atoms in total. The third-order valence-electron chi connectivity index (χ3n) is 5.80. The average Bonchev–Trinajstić information content (AvgIpc) is 3.27. The van der Waals surface area contributed by atoms with Crippen molar-refractivity contribution in [3.05, 3.63) is 107 Å². The number of rotatable bonds is 11. The lowest BCUT2D eigenvalue weighted by Crippen LogP contribution is -2.24. The highest BCUT2D eigenvalue weighted by Gasteiger charge is 2.15. The first-order valence-electron chi connectivity index (χ1n) is 11.9. The van der Waals surface area contributed by atoms with Crippen molar-refractivity contribution in [3.63, 3.8) is 0 Å². The summed E-state index contributed by atoms with van der Waals surface area (Å²) in [7, 11) is 0. The Morgan fingerprint density at radius 3 is 2.59 bits per heavy atom. The summed E-state index contributed by atoms with van der Waals surface area (Å²) in [5.41, 5.74) is 3.20. The molecule has 0 aliphatic rings. The number of oxazole rings is 1. The molecule has 0 aliphatic carbocycles. The van der Waals surface area contributed by atoms with Crippen LogP contribution in [-0.4, -0.2) is 28.6 Å². The Morgan fingerprint density at radius 2 is 1.84 bits per heavy atom. The Morgan fingerprint density at radius 1 is 1.03 bits per heavy atom. The van der Waals surface area contributed by atoms with E-state index in [-0.39, 0.29) is 25.2 Å². The molecule has 8 heteroatoms. The van der Waals surface area contributed by atoms with Crippen LogP contribution in [0.2, 0.25) is 0 Å². The maximum Gasteiger partial charge on any atom is 0.303 e. The number of hydrogen-bond donors (Lipinski definition) is 2. The van der Waals surface area contributed by atoms with Crippen molar-refractivity contribution in [1.29, 1.82) is 0 Å². The highest BCUT2D eigenvalue weighted by Crippen LogP contribution is 2.23. The van der Waals surface area contributed by atoms with Gasteiger partial charge in [0.2, 0.25) is 5.89 Å². The SMILES string of the molecule is Cc1oc(-c2ccccc2)nc1CCOc1ccc(CCC(=O)O)c(C(=O)NCc2cccc(F)c2)c1. The molecule has 37 heavy (non-hydrogen) atoms. The first-order chi connectivity index (χ1) is 17.9. The molecule has 0 bridgehead atoms. The van der Waals surface area contributed by atoms with Gasteiger partial charge in [-0.05, 0) is 60.9 Å². The Labute approximate surface area is 213 Å². The van der Waals surface area contributed by atoms with Gasteiger partial charge in [0, 0.05) is 30.5 Å². The van der Waals surface area contributed by atoms with Crippen molar-refractivity contribution in [1.82, 2.24) is 10.3 Å². The molecule has 1 aromatic heterocycles. The van der Waals surface area contributed by atoms with Crippen LogP contribution >= 0.6 is 0 Å². The molecule has 0 aliphatic heterocycles. The molecule has 0 unspecified atom stereocenters. The van der Waals surface area contributed by atoms with Gasteiger partial charge in [0.25, 0.3) is 5.91 Å². The molecule has 1 heterocycles. The first kappa shape index (κ1) is 25.6. The van der Waals surface area contributed by atoms with Gasteiger partial charge in [-0.2, -0.15) is 0 Å². The van der Waals surface area contributed by atoms with Crippen LogP contribution in [0.25, 0.3) is 11.5 Å². The van der Waals surface area contributed by atoms with Gasteiger partial charge in [0.1, 0.15) is 17.3 Å². The number of carboxylic acid groups (broad SMARTS) is 1. The average molecular weight is 503 g/mol. The summed E-state index contributed by atoms with van der Waals surface area (Å²) in [5, 5.41) is 11.9. The summed E-state index contributed by atoms with van der Waals surface area (Å²) in [5.74, 6) is -0.00165. The minimum atomic E-state index is -0.954. The van der Waals surface area contributed by atoms with Crippen LogP contribution in [0.3, 0.4) is 0 Å². The summed E-state index contributed by atoms with van der Waals surface area (Å²) in [6.45, 7) is 2.29. The number of aromatic nitrogens is 1. The van der Waals surface area contributed by atoms with Gasteiger partial charge in [-0.15, -0.1) is 0 Å². The summed E-state index contributed by atoms with van der Waals surface area (Å²) < 4.78 is 25.2. The highest BCUT2D eigenvalue weighted by molar-refractivity contribution is 5.96. The smallest absolute Gasteiger partial charge is 0.303 e. The molecule has 4 rings (SSSR count). The highest BCUT2D eigenvalue weighted by atomic mass is 19.1. The zero-order valence-electron chi connectivity index (χ0n) is 20.4. The fraction of sp³-hybridized carbons (Fsp3) is 0.207. The van der Waals surface area contributed by atoms with E-state index in [1.165, 1.54) is 12.1 Å². The molecule has 0 fully saturated rings. The molecule has 2 N–H and O–H groups in total. The molecule has 0 radical (unpaired) electrons. The second-order valence-corrected chi connectivity index (χ2v) is 8.51. The van der Waals surface area contributed by atoms with Gasteiger partial charge in [0.15, 0.2) is 0 Å². The second kappa shape index (κ2) is 12.0. The predicted molar refractivity (Wildman–Crippen MR) is 136 cm³/mol. The summed E-state index contributed by atoms with van der Waals surface area (Å²) >= 11 is 0. The van der Waals surface area contributed by atoms with Crippen molar-refractivity contribution >= 4 is 11.9 Å². The van der Waals surface area contributed by atoms with Crippen LogP contribution in [0.1, 0.15) is 39.4 Å². The molecular weight excluding hydrogens is 475 g/mol. The van der Waals surface area contributed by atoms with E-state index < -0.39 is 11.9 Å². The van der Waals surface area contributed by atoms with Crippen molar-refractivity contribution in [2.24, 2.45) is 0 Å². The number of benzene rings is 3. The Kier molecular flexibility index (Phi) is 8.30. The minimum absolute atomic E-state index is 0.112. The van der Waals surface area contributed by atoms with E-state index in [4.69, 9.17) is 14.3 Å². The third kappa shape index (κ3) is 7.04. The van der Waals surface area contributed by atoms with Gasteiger partial charge in [-0.3, -0.25) is 9.59 Å². The lowest BCUT2D eigenvalue weighted by molar-refractivity contribution is -0.136. The molecule has 0 atom stereocenters. The molecule has 1 amide bonds. The molecule has 4 aromatic rings. The number of nitrogens with one attached hydrogen (secondary N) is 1. The van der Waals surface area contributed by atoms with Gasteiger partial charge < -0.3 is 19.6 Å². The van der Waals surface area contributed by atoms with Crippen LogP contribution in [0.15, 0.2) is 77.2 Å². The topological polar surface area (TPSA) is 102 Å². The number of nitrogens with zero attached hydrogens (tertiary/aromatic N) is 1. The Bertz CT molecular complexity index is 1380. The summed E-state index contributed by atoms with van der Waals surface area (Å²) in [4.78, 5) is 28.6. The van der Waals surface area contributed by atoms with Gasteiger partial charge >= 0.3 is 5.97 Å². The predicted octanol–water partition coefficient (Wildman–Crippen LogP) is 5.36. The van der Waals surface area contributed by atoms with E-state index >= 15 is 0 Å². The van der Waals surface area contributed by atoms with Crippen molar-refractivity contribution in [2.75, 3.05) is 6.61 Å². The van der Waals surface area contributed by atoms with Crippen LogP contribution in [0, 0.1) is 12.7 Å². The Hall–Kier alpha value is -4.46. The summed E-state index contributed by atoms with van der Waals surface area (Å²) in [6, 6.07) is 20.6. The van der Waals surface area contributed by atoms with Crippen LogP contribution in [0.4, 0.5) is 4.39 Å². The van der Waals surface area contributed by atoms with Crippen molar-refractivity contribution < 1.29 is 28.2 Å². The van der Waals surface area contributed by atoms with E-state index in [2.05, 4.69) is 10.3 Å².